The molecule has 0 fully saturated rings. The van der Waals surface area contributed by atoms with Gasteiger partial charge in [-0.3, -0.25) is 14.4 Å². The number of thiophene rings is 1. The Morgan fingerprint density at radius 3 is 2.42 bits per heavy atom. The highest BCUT2D eigenvalue weighted by molar-refractivity contribution is 8.00. The van der Waals surface area contributed by atoms with Gasteiger partial charge in [0.25, 0.3) is 11.8 Å². The summed E-state index contributed by atoms with van der Waals surface area (Å²) in [6.45, 7) is 2.48. The normalized spacial score (nSPS) is 11.0. The Labute approximate surface area is 229 Å². The third-order valence-corrected chi connectivity index (χ3v) is 7.03. The third kappa shape index (κ3) is 7.68. The Morgan fingerprint density at radius 2 is 1.71 bits per heavy atom. The number of anilines is 1. The first-order valence-corrected chi connectivity index (χ1v) is 13.8. The van der Waals surface area contributed by atoms with E-state index in [9.17, 15) is 14.4 Å². The lowest BCUT2D eigenvalue weighted by Crippen LogP contribution is -2.30. The number of Topliss-reactive ketones (excluding diaryl/α,β-unsaturated/α-hetero) is 1. The molecule has 0 spiro atoms. The maximum Gasteiger partial charge on any atom is 0.272 e. The van der Waals surface area contributed by atoms with E-state index < -0.39 is 5.91 Å². The van der Waals surface area contributed by atoms with Crippen LogP contribution < -0.4 is 15.4 Å². The number of hydrogen-bond donors (Lipinski definition) is 2. The molecule has 0 atom stereocenters. The summed E-state index contributed by atoms with van der Waals surface area (Å²) in [5, 5.41) is 9.38. The summed E-state index contributed by atoms with van der Waals surface area (Å²) in [6.07, 6.45) is 1.64. The highest BCUT2D eigenvalue weighted by atomic mass is 32.2. The van der Waals surface area contributed by atoms with Crippen LogP contribution in [0.1, 0.15) is 33.2 Å². The Balaban J connectivity index is 1.42. The van der Waals surface area contributed by atoms with E-state index >= 15 is 0 Å². The van der Waals surface area contributed by atoms with Crippen LogP contribution in [0.15, 0.2) is 106 Å². The summed E-state index contributed by atoms with van der Waals surface area (Å²) in [5.41, 5.74) is 2.56. The molecule has 0 saturated carbocycles. The number of carbonyl (C=O) groups is 3. The zero-order chi connectivity index (χ0) is 26.7. The molecule has 4 aromatic rings. The molecule has 192 valence electrons. The molecule has 3 aromatic carbocycles. The minimum Gasteiger partial charge on any atom is -0.494 e. The quantitative estimate of drug-likeness (QED) is 0.128. The zero-order valence-electron chi connectivity index (χ0n) is 20.7. The number of ketones is 1. The van der Waals surface area contributed by atoms with Gasteiger partial charge in [0.1, 0.15) is 11.4 Å². The first-order valence-electron chi connectivity index (χ1n) is 11.9. The summed E-state index contributed by atoms with van der Waals surface area (Å²) in [5.74, 6) is 0.152. The highest BCUT2D eigenvalue weighted by Gasteiger charge is 2.16. The SMILES string of the molecule is CCOc1ccc(C(=O)CSc2cccc(NC(=O)/C(=C/c3ccsc3)NC(=O)c3ccccc3)c2)cc1. The van der Waals surface area contributed by atoms with Crippen LogP contribution in [0.2, 0.25) is 0 Å². The molecule has 2 amide bonds. The van der Waals surface area contributed by atoms with Gasteiger partial charge in [-0.2, -0.15) is 11.3 Å². The lowest BCUT2D eigenvalue weighted by atomic mass is 10.1. The summed E-state index contributed by atoms with van der Waals surface area (Å²) in [6, 6.07) is 24.9. The number of amides is 2. The summed E-state index contributed by atoms with van der Waals surface area (Å²) >= 11 is 2.88. The van der Waals surface area contributed by atoms with Crippen LogP contribution in [-0.2, 0) is 4.79 Å². The molecule has 0 saturated heterocycles. The van der Waals surface area contributed by atoms with Crippen molar-refractivity contribution < 1.29 is 19.1 Å². The fourth-order valence-corrected chi connectivity index (χ4v) is 4.93. The summed E-state index contributed by atoms with van der Waals surface area (Å²) < 4.78 is 5.43. The zero-order valence-corrected chi connectivity index (χ0v) is 22.3. The Bertz CT molecular complexity index is 1420. The number of hydrogen-bond acceptors (Lipinski definition) is 6. The van der Waals surface area contributed by atoms with E-state index in [0.717, 1.165) is 16.2 Å². The average molecular weight is 543 g/mol. The van der Waals surface area contributed by atoms with E-state index in [1.54, 1.807) is 66.7 Å². The molecule has 0 radical (unpaired) electrons. The molecule has 4 rings (SSSR count). The average Bonchev–Trinajstić information content (AvgIpc) is 3.46. The van der Waals surface area contributed by atoms with Crippen molar-refractivity contribution >= 4 is 52.5 Å². The fourth-order valence-electron chi connectivity index (χ4n) is 3.46. The van der Waals surface area contributed by atoms with Crippen LogP contribution in [0.4, 0.5) is 5.69 Å². The number of ether oxygens (including phenoxy) is 1. The van der Waals surface area contributed by atoms with Gasteiger partial charge in [-0.05, 0) is 90.0 Å². The standard InChI is InChI=1S/C30H26N2O4S2/c1-2-36-25-13-11-22(12-14-25)28(33)20-38-26-10-6-9-24(18-26)31-30(35)27(17-21-15-16-37-19-21)32-29(34)23-7-4-3-5-8-23/h3-19H,2,20H2,1H3,(H,31,35)(H,32,34)/b27-17-. The van der Waals surface area contributed by atoms with Crippen molar-refractivity contribution in [1.82, 2.24) is 5.32 Å². The van der Waals surface area contributed by atoms with Crippen molar-refractivity contribution in [3.05, 3.63) is 118 Å². The van der Waals surface area contributed by atoms with Gasteiger partial charge >= 0.3 is 0 Å². The summed E-state index contributed by atoms with van der Waals surface area (Å²) in [4.78, 5) is 39.4. The number of rotatable bonds is 11. The molecular formula is C30H26N2O4S2. The number of benzene rings is 3. The second kappa shape index (κ2) is 13.4. The lowest BCUT2D eigenvalue weighted by molar-refractivity contribution is -0.113. The van der Waals surface area contributed by atoms with Gasteiger partial charge < -0.3 is 15.4 Å². The van der Waals surface area contributed by atoms with Crippen molar-refractivity contribution in [2.24, 2.45) is 0 Å². The first kappa shape index (κ1) is 26.9. The van der Waals surface area contributed by atoms with Crippen LogP contribution in [0.25, 0.3) is 6.08 Å². The molecule has 8 heteroatoms. The minimum absolute atomic E-state index is 0.00269. The van der Waals surface area contributed by atoms with Crippen LogP contribution >= 0.6 is 23.1 Å². The fraction of sp³-hybridized carbons (Fsp3) is 0.100. The molecule has 6 nitrogen and oxygen atoms in total. The number of nitrogens with one attached hydrogen (secondary N) is 2. The molecule has 0 aliphatic heterocycles. The van der Waals surface area contributed by atoms with Gasteiger partial charge in [0.05, 0.1) is 12.4 Å². The third-order valence-electron chi connectivity index (χ3n) is 5.33. The highest BCUT2D eigenvalue weighted by Crippen LogP contribution is 2.24. The van der Waals surface area contributed by atoms with E-state index in [2.05, 4.69) is 10.6 Å². The van der Waals surface area contributed by atoms with Crippen LogP contribution in [0.3, 0.4) is 0 Å². The Morgan fingerprint density at radius 1 is 0.921 bits per heavy atom. The van der Waals surface area contributed by atoms with Crippen molar-refractivity contribution in [3.8, 4) is 5.75 Å². The van der Waals surface area contributed by atoms with Gasteiger partial charge in [-0.1, -0.05) is 24.3 Å². The minimum atomic E-state index is -0.451. The van der Waals surface area contributed by atoms with E-state index in [1.807, 2.05) is 41.9 Å². The maximum absolute atomic E-state index is 13.2. The molecule has 1 heterocycles. The van der Waals surface area contributed by atoms with Crippen molar-refractivity contribution in [3.63, 3.8) is 0 Å². The van der Waals surface area contributed by atoms with Gasteiger partial charge in [0.15, 0.2) is 5.78 Å². The predicted octanol–water partition coefficient (Wildman–Crippen LogP) is 6.53. The predicted molar refractivity (Wildman–Crippen MR) is 154 cm³/mol. The topological polar surface area (TPSA) is 84.5 Å². The molecule has 38 heavy (non-hydrogen) atoms. The monoisotopic (exact) mass is 542 g/mol. The van der Waals surface area contributed by atoms with E-state index in [-0.39, 0.29) is 23.1 Å². The van der Waals surface area contributed by atoms with Crippen molar-refractivity contribution in [2.45, 2.75) is 11.8 Å². The van der Waals surface area contributed by atoms with Crippen LogP contribution in [0.5, 0.6) is 5.75 Å². The molecule has 0 aliphatic carbocycles. The second-order valence-corrected chi connectivity index (χ2v) is 9.91. The Hall–Kier alpha value is -4.14. The molecule has 0 unspecified atom stereocenters. The molecule has 1 aromatic heterocycles. The smallest absolute Gasteiger partial charge is 0.272 e. The van der Waals surface area contributed by atoms with E-state index in [1.165, 1.54) is 23.1 Å². The molecule has 0 aliphatic rings. The van der Waals surface area contributed by atoms with Gasteiger partial charge in [0, 0.05) is 21.7 Å². The van der Waals surface area contributed by atoms with Crippen molar-refractivity contribution in [2.75, 3.05) is 17.7 Å². The van der Waals surface area contributed by atoms with Crippen molar-refractivity contribution in [1.29, 1.82) is 0 Å². The van der Waals surface area contributed by atoms with Gasteiger partial charge in [-0.25, -0.2) is 0 Å². The Kier molecular flexibility index (Phi) is 9.50. The maximum atomic E-state index is 13.2. The largest absolute Gasteiger partial charge is 0.494 e. The van der Waals surface area contributed by atoms with Crippen LogP contribution in [0, 0.1) is 0 Å². The van der Waals surface area contributed by atoms with Gasteiger partial charge in [0.2, 0.25) is 0 Å². The van der Waals surface area contributed by atoms with E-state index in [4.69, 9.17) is 4.74 Å². The molecular weight excluding hydrogens is 516 g/mol. The van der Waals surface area contributed by atoms with E-state index in [0.29, 0.717) is 23.4 Å². The second-order valence-electron chi connectivity index (χ2n) is 8.09. The van der Waals surface area contributed by atoms with Gasteiger partial charge in [-0.15, -0.1) is 11.8 Å². The number of thioether (sulfide) groups is 1. The lowest BCUT2D eigenvalue weighted by Gasteiger charge is -2.12. The number of carbonyl (C=O) groups excluding carboxylic acids is 3. The molecule has 0 bridgehead atoms. The summed E-state index contributed by atoms with van der Waals surface area (Å²) in [7, 11) is 0. The molecule has 2 N–H and O–H groups in total. The van der Waals surface area contributed by atoms with Crippen LogP contribution in [-0.4, -0.2) is 30.0 Å². The first-order chi connectivity index (χ1) is 18.5.